The molecular formula is C26H38N2O2S. The largest absolute Gasteiger partial charge is 0.333 e. The number of nitrogens with zero attached hydrogens (tertiary/aromatic N) is 2. The van der Waals surface area contributed by atoms with Crippen LogP contribution in [-0.2, 0) is 22.7 Å². The number of thiophene rings is 1. The predicted molar refractivity (Wildman–Crippen MR) is 130 cm³/mol. The molecule has 2 rings (SSSR count). The van der Waals surface area contributed by atoms with Crippen LogP contribution in [0.25, 0.3) is 0 Å². The van der Waals surface area contributed by atoms with Crippen molar-refractivity contribution < 1.29 is 9.59 Å². The SMILES string of the molecule is CCCCCCC(=O)N(CC(=O)N(Cc1ccccc1)Cc1cccs1)CC(C)CC. The van der Waals surface area contributed by atoms with Crippen LogP contribution in [0.1, 0.15) is 69.7 Å². The number of hydrogen-bond acceptors (Lipinski definition) is 3. The zero-order valence-electron chi connectivity index (χ0n) is 19.4. The molecule has 0 bridgehead atoms. The fourth-order valence-electron chi connectivity index (χ4n) is 3.51. The highest BCUT2D eigenvalue weighted by atomic mass is 32.1. The molecule has 0 radical (unpaired) electrons. The third-order valence-corrected chi connectivity index (χ3v) is 6.51. The second-order valence-corrected chi connectivity index (χ2v) is 9.45. The van der Waals surface area contributed by atoms with Gasteiger partial charge < -0.3 is 9.80 Å². The first-order valence-corrected chi connectivity index (χ1v) is 12.5. The zero-order chi connectivity index (χ0) is 22.5. The Morgan fingerprint density at radius 3 is 2.32 bits per heavy atom. The average Bonchev–Trinajstić information content (AvgIpc) is 3.29. The van der Waals surface area contributed by atoms with E-state index in [4.69, 9.17) is 0 Å². The molecule has 1 heterocycles. The molecule has 170 valence electrons. The van der Waals surface area contributed by atoms with Crippen LogP contribution in [0.2, 0.25) is 0 Å². The third-order valence-electron chi connectivity index (χ3n) is 5.65. The molecule has 1 aromatic carbocycles. The van der Waals surface area contributed by atoms with Crippen molar-refractivity contribution in [1.29, 1.82) is 0 Å². The summed E-state index contributed by atoms with van der Waals surface area (Å²) in [4.78, 5) is 31.2. The summed E-state index contributed by atoms with van der Waals surface area (Å²) in [5.74, 6) is 0.510. The van der Waals surface area contributed by atoms with Crippen LogP contribution >= 0.6 is 11.3 Å². The smallest absolute Gasteiger partial charge is 0.242 e. The first kappa shape index (κ1) is 25.1. The van der Waals surface area contributed by atoms with Crippen molar-refractivity contribution in [3.8, 4) is 0 Å². The normalized spacial score (nSPS) is 11.8. The summed E-state index contributed by atoms with van der Waals surface area (Å²) < 4.78 is 0. The van der Waals surface area contributed by atoms with Gasteiger partial charge in [0.1, 0.15) is 0 Å². The average molecular weight is 443 g/mol. The van der Waals surface area contributed by atoms with E-state index in [0.29, 0.717) is 32.0 Å². The zero-order valence-corrected chi connectivity index (χ0v) is 20.2. The number of carbonyl (C=O) groups excluding carboxylic acids is 2. The van der Waals surface area contributed by atoms with Crippen molar-refractivity contribution in [2.45, 2.75) is 72.4 Å². The van der Waals surface area contributed by atoms with Gasteiger partial charge in [0.15, 0.2) is 0 Å². The van der Waals surface area contributed by atoms with Crippen molar-refractivity contribution in [3.63, 3.8) is 0 Å². The van der Waals surface area contributed by atoms with Crippen LogP contribution in [-0.4, -0.2) is 34.7 Å². The highest BCUT2D eigenvalue weighted by Gasteiger charge is 2.23. The van der Waals surface area contributed by atoms with Gasteiger partial charge in [0, 0.05) is 24.4 Å². The van der Waals surface area contributed by atoms with E-state index in [1.54, 1.807) is 16.2 Å². The standard InChI is InChI=1S/C26H38N2O2S/c1-4-6-7-11-16-25(29)27(18-22(3)5-2)21-26(30)28(20-24-15-12-17-31-24)19-23-13-9-8-10-14-23/h8-10,12-15,17,22H,4-7,11,16,18-21H2,1-3H3. The summed E-state index contributed by atoms with van der Waals surface area (Å²) in [5, 5.41) is 2.04. The molecule has 2 amide bonds. The molecule has 31 heavy (non-hydrogen) atoms. The number of carbonyl (C=O) groups is 2. The first-order chi connectivity index (χ1) is 15.0. The summed E-state index contributed by atoms with van der Waals surface area (Å²) in [6, 6.07) is 14.2. The van der Waals surface area contributed by atoms with E-state index in [0.717, 1.165) is 42.5 Å². The molecule has 5 heteroatoms. The number of amides is 2. The van der Waals surface area contributed by atoms with Crippen molar-refractivity contribution >= 4 is 23.2 Å². The summed E-state index contributed by atoms with van der Waals surface area (Å²) in [6.07, 6.45) is 5.82. The Balaban J connectivity index is 2.09. The minimum atomic E-state index is 0.0162. The predicted octanol–water partition coefficient (Wildman–Crippen LogP) is 6.12. The lowest BCUT2D eigenvalue weighted by Crippen LogP contribution is -2.44. The van der Waals surface area contributed by atoms with Gasteiger partial charge in [0.2, 0.25) is 11.8 Å². The van der Waals surface area contributed by atoms with Gasteiger partial charge in [-0.3, -0.25) is 9.59 Å². The van der Waals surface area contributed by atoms with Crippen molar-refractivity contribution in [2.75, 3.05) is 13.1 Å². The minimum Gasteiger partial charge on any atom is -0.333 e. The quantitative estimate of drug-likeness (QED) is 0.331. The Bertz CT molecular complexity index is 761. The third kappa shape index (κ3) is 9.26. The lowest BCUT2D eigenvalue weighted by atomic mass is 10.1. The molecule has 0 aliphatic rings. The van der Waals surface area contributed by atoms with E-state index >= 15 is 0 Å². The summed E-state index contributed by atoms with van der Waals surface area (Å²) in [6.45, 7) is 8.39. The molecule has 1 aromatic heterocycles. The highest BCUT2D eigenvalue weighted by molar-refractivity contribution is 7.09. The Morgan fingerprint density at radius 2 is 1.68 bits per heavy atom. The van der Waals surface area contributed by atoms with Crippen LogP contribution in [0.5, 0.6) is 0 Å². The molecule has 0 spiro atoms. The molecule has 2 aromatic rings. The fourth-order valence-corrected chi connectivity index (χ4v) is 4.23. The maximum absolute atomic E-state index is 13.4. The number of rotatable bonds is 14. The molecule has 0 fully saturated rings. The molecule has 0 saturated heterocycles. The van der Waals surface area contributed by atoms with Gasteiger partial charge in [-0.05, 0) is 29.3 Å². The fraction of sp³-hybridized carbons (Fsp3) is 0.538. The maximum atomic E-state index is 13.4. The number of unbranched alkanes of at least 4 members (excludes halogenated alkanes) is 3. The van der Waals surface area contributed by atoms with E-state index in [1.165, 1.54) is 0 Å². The second-order valence-electron chi connectivity index (χ2n) is 8.41. The van der Waals surface area contributed by atoms with Gasteiger partial charge >= 0.3 is 0 Å². The van der Waals surface area contributed by atoms with Gasteiger partial charge in [0.05, 0.1) is 13.1 Å². The summed E-state index contributed by atoms with van der Waals surface area (Å²) in [7, 11) is 0. The summed E-state index contributed by atoms with van der Waals surface area (Å²) in [5.41, 5.74) is 1.10. The van der Waals surface area contributed by atoms with E-state index in [2.05, 4.69) is 26.8 Å². The van der Waals surface area contributed by atoms with Crippen LogP contribution in [0.4, 0.5) is 0 Å². The molecule has 0 N–H and O–H groups in total. The van der Waals surface area contributed by atoms with Crippen molar-refractivity contribution in [1.82, 2.24) is 9.80 Å². The van der Waals surface area contributed by atoms with Crippen LogP contribution in [0, 0.1) is 5.92 Å². The van der Waals surface area contributed by atoms with E-state index in [1.807, 2.05) is 46.7 Å². The van der Waals surface area contributed by atoms with Crippen molar-refractivity contribution in [2.24, 2.45) is 5.92 Å². The van der Waals surface area contributed by atoms with Gasteiger partial charge in [-0.25, -0.2) is 0 Å². The van der Waals surface area contributed by atoms with Gasteiger partial charge in [-0.15, -0.1) is 11.3 Å². The van der Waals surface area contributed by atoms with Gasteiger partial charge in [0.25, 0.3) is 0 Å². The lowest BCUT2D eigenvalue weighted by molar-refractivity contribution is -0.141. The molecule has 0 aliphatic carbocycles. The number of benzene rings is 1. The van der Waals surface area contributed by atoms with Crippen LogP contribution < -0.4 is 0 Å². The molecular weight excluding hydrogens is 404 g/mol. The van der Waals surface area contributed by atoms with Gasteiger partial charge in [-0.2, -0.15) is 0 Å². The van der Waals surface area contributed by atoms with E-state index in [9.17, 15) is 9.59 Å². The van der Waals surface area contributed by atoms with Crippen LogP contribution in [0.15, 0.2) is 47.8 Å². The van der Waals surface area contributed by atoms with Crippen LogP contribution in [0.3, 0.4) is 0 Å². The monoisotopic (exact) mass is 442 g/mol. The Hall–Kier alpha value is -2.14. The van der Waals surface area contributed by atoms with Gasteiger partial charge in [-0.1, -0.05) is 82.9 Å². The Labute approximate surface area is 192 Å². The molecule has 4 nitrogen and oxygen atoms in total. The second kappa shape index (κ2) is 14.0. The number of hydrogen-bond donors (Lipinski definition) is 0. The first-order valence-electron chi connectivity index (χ1n) is 11.6. The van der Waals surface area contributed by atoms with Crippen molar-refractivity contribution in [3.05, 3.63) is 58.3 Å². The highest BCUT2D eigenvalue weighted by Crippen LogP contribution is 2.16. The van der Waals surface area contributed by atoms with E-state index < -0.39 is 0 Å². The van der Waals surface area contributed by atoms with E-state index in [-0.39, 0.29) is 18.4 Å². The molecule has 0 aliphatic heterocycles. The molecule has 1 atom stereocenters. The Morgan fingerprint density at radius 1 is 0.903 bits per heavy atom. The Kier molecular flexibility index (Phi) is 11.4. The summed E-state index contributed by atoms with van der Waals surface area (Å²) >= 11 is 1.66. The maximum Gasteiger partial charge on any atom is 0.242 e. The topological polar surface area (TPSA) is 40.6 Å². The minimum absolute atomic E-state index is 0.0162. The molecule has 0 saturated carbocycles. The lowest BCUT2D eigenvalue weighted by Gasteiger charge is -2.29. The molecule has 1 unspecified atom stereocenters.